The van der Waals surface area contributed by atoms with Crippen LogP contribution in [0.5, 0.6) is 0 Å². The number of carbonyl (C=O) groups is 1. The van der Waals surface area contributed by atoms with Crippen molar-refractivity contribution in [1.82, 2.24) is 10.6 Å². The first-order valence-electron chi connectivity index (χ1n) is 5.90. The van der Waals surface area contributed by atoms with Crippen LogP contribution in [0, 0.1) is 5.92 Å². The molecule has 1 aliphatic heterocycles. The molecule has 92 valence electrons. The number of nitrogens with one attached hydrogen (secondary N) is 2. The second-order valence-electron chi connectivity index (χ2n) is 4.57. The van der Waals surface area contributed by atoms with Gasteiger partial charge in [-0.05, 0) is 43.6 Å². The Hall–Kier alpha value is -0.870. The molecule has 1 aliphatic rings. The summed E-state index contributed by atoms with van der Waals surface area (Å²) in [5.41, 5.74) is 1.12. The van der Waals surface area contributed by atoms with E-state index in [9.17, 15) is 4.79 Å². The maximum Gasteiger partial charge on any atom is 0.220 e. The van der Waals surface area contributed by atoms with Crippen molar-refractivity contribution in [2.24, 2.45) is 5.92 Å². The predicted octanol–water partition coefficient (Wildman–Crippen LogP) is 2.24. The van der Waals surface area contributed by atoms with Crippen LogP contribution in [0.2, 0.25) is 0 Å². The van der Waals surface area contributed by atoms with Gasteiger partial charge in [-0.2, -0.15) is 0 Å². The monoisotopic (exact) mass is 296 g/mol. The van der Waals surface area contributed by atoms with E-state index < -0.39 is 0 Å². The standard InChI is InChI=1S/C13H17BrN2O/c1-9(11-3-2-4-12(14)6-11)16-13(17)5-10-7-15-8-10/h2-4,6,9-10,15H,5,7-8H2,1H3,(H,16,17)/t9-/m1/s1. The van der Waals surface area contributed by atoms with Crippen molar-refractivity contribution >= 4 is 21.8 Å². The average molecular weight is 297 g/mol. The van der Waals surface area contributed by atoms with Crippen LogP contribution in [-0.4, -0.2) is 19.0 Å². The Morgan fingerprint density at radius 1 is 1.59 bits per heavy atom. The highest BCUT2D eigenvalue weighted by atomic mass is 79.9. The molecule has 0 aliphatic carbocycles. The average Bonchev–Trinajstić information content (AvgIpc) is 2.23. The van der Waals surface area contributed by atoms with Crippen molar-refractivity contribution in [2.75, 3.05) is 13.1 Å². The summed E-state index contributed by atoms with van der Waals surface area (Å²) in [5, 5.41) is 6.21. The molecule has 2 N–H and O–H groups in total. The number of hydrogen-bond acceptors (Lipinski definition) is 2. The largest absolute Gasteiger partial charge is 0.350 e. The second-order valence-corrected chi connectivity index (χ2v) is 5.49. The van der Waals surface area contributed by atoms with E-state index in [1.807, 2.05) is 31.2 Å². The Kier molecular flexibility index (Phi) is 4.18. The summed E-state index contributed by atoms with van der Waals surface area (Å²) in [6, 6.07) is 8.10. The van der Waals surface area contributed by atoms with Gasteiger partial charge in [-0.25, -0.2) is 0 Å². The number of hydrogen-bond donors (Lipinski definition) is 2. The highest BCUT2D eigenvalue weighted by Gasteiger charge is 2.21. The molecule has 0 radical (unpaired) electrons. The molecular weight excluding hydrogens is 280 g/mol. The SMILES string of the molecule is C[C@@H](NC(=O)CC1CNC1)c1cccc(Br)c1. The van der Waals surface area contributed by atoms with Crippen LogP contribution < -0.4 is 10.6 Å². The lowest BCUT2D eigenvalue weighted by Crippen LogP contribution is -2.44. The van der Waals surface area contributed by atoms with E-state index in [2.05, 4.69) is 26.6 Å². The minimum atomic E-state index is 0.0630. The third kappa shape index (κ3) is 3.54. The molecule has 1 saturated heterocycles. The van der Waals surface area contributed by atoms with Gasteiger partial charge in [0.05, 0.1) is 6.04 Å². The van der Waals surface area contributed by atoms with Gasteiger partial charge < -0.3 is 10.6 Å². The fourth-order valence-corrected chi connectivity index (χ4v) is 2.33. The van der Waals surface area contributed by atoms with Crippen LogP contribution in [0.25, 0.3) is 0 Å². The summed E-state index contributed by atoms with van der Waals surface area (Å²) >= 11 is 3.44. The highest BCUT2D eigenvalue weighted by molar-refractivity contribution is 9.10. The summed E-state index contributed by atoms with van der Waals surface area (Å²) in [7, 11) is 0. The molecule has 0 spiro atoms. The molecule has 1 aromatic rings. The summed E-state index contributed by atoms with van der Waals surface area (Å²) in [6.45, 7) is 3.95. The summed E-state index contributed by atoms with van der Waals surface area (Å²) in [6.07, 6.45) is 0.630. The molecule has 3 nitrogen and oxygen atoms in total. The smallest absolute Gasteiger partial charge is 0.220 e. The van der Waals surface area contributed by atoms with Crippen LogP contribution in [0.4, 0.5) is 0 Å². The molecule has 0 aromatic heterocycles. The van der Waals surface area contributed by atoms with E-state index in [0.29, 0.717) is 12.3 Å². The van der Waals surface area contributed by atoms with Crippen LogP contribution in [0.3, 0.4) is 0 Å². The number of halogens is 1. The second kappa shape index (κ2) is 5.65. The van der Waals surface area contributed by atoms with Crippen molar-refractivity contribution in [3.8, 4) is 0 Å². The van der Waals surface area contributed by atoms with Crippen molar-refractivity contribution in [2.45, 2.75) is 19.4 Å². The van der Waals surface area contributed by atoms with Crippen LogP contribution in [0.15, 0.2) is 28.7 Å². The van der Waals surface area contributed by atoms with Gasteiger partial charge in [0.15, 0.2) is 0 Å². The number of amides is 1. The van der Waals surface area contributed by atoms with E-state index >= 15 is 0 Å². The topological polar surface area (TPSA) is 41.1 Å². The quantitative estimate of drug-likeness (QED) is 0.895. The van der Waals surface area contributed by atoms with E-state index in [1.165, 1.54) is 0 Å². The zero-order valence-electron chi connectivity index (χ0n) is 9.87. The fraction of sp³-hybridized carbons (Fsp3) is 0.462. The van der Waals surface area contributed by atoms with E-state index in [4.69, 9.17) is 0 Å². The normalized spacial score (nSPS) is 17.3. The zero-order chi connectivity index (χ0) is 12.3. The Morgan fingerprint density at radius 3 is 2.94 bits per heavy atom. The molecule has 17 heavy (non-hydrogen) atoms. The van der Waals surface area contributed by atoms with Crippen molar-refractivity contribution < 1.29 is 4.79 Å². The third-order valence-corrected chi connectivity index (χ3v) is 3.56. The maximum absolute atomic E-state index is 11.8. The molecular formula is C13H17BrN2O. The van der Waals surface area contributed by atoms with Gasteiger partial charge in [0.25, 0.3) is 0 Å². The van der Waals surface area contributed by atoms with Crippen molar-refractivity contribution in [3.63, 3.8) is 0 Å². The minimum Gasteiger partial charge on any atom is -0.350 e. The van der Waals surface area contributed by atoms with Gasteiger partial charge in [0.1, 0.15) is 0 Å². The lowest BCUT2D eigenvalue weighted by Gasteiger charge is -2.27. The first kappa shape index (κ1) is 12.6. The molecule has 4 heteroatoms. The van der Waals surface area contributed by atoms with Crippen LogP contribution >= 0.6 is 15.9 Å². The number of carbonyl (C=O) groups excluding carboxylic acids is 1. The fourth-order valence-electron chi connectivity index (χ4n) is 1.91. The molecule has 1 heterocycles. The Balaban J connectivity index is 1.87. The molecule has 0 saturated carbocycles. The van der Waals surface area contributed by atoms with Gasteiger partial charge in [-0.15, -0.1) is 0 Å². The first-order valence-corrected chi connectivity index (χ1v) is 6.70. The highest BCUT2D eigenvalue weighted by Crippen LogP contribution is 2.18. The van der Waals surface area contributed by atoms with Crippen LogP contribution in [-0.2, 0) is 4.79 Å². The lowest BCUT2D eigenvalue weighted by molar-refractivity contribution is -0.123. The maximum atomic E-state index is 11.8. The Labute approximate surface area is 110 Å². The molecule has 1 fully saturated rings. The Morgan fingerprint density at radius 2 is 2.35 bits per heavy atom. The van der Waals surface area contributed by atoms with E-state index in [0.717, 1.165) is 23.1 Å². The first-order chi connectivity index (χ1) is 8.15. The molecule has 2 rings (SSSR count). The third-order valence-electron chi connectivity index (χ3n) is 3.07. The van der Waals surface area contributed by atoms with Gasteiger partial charge >= 0.3 is 0 Å². The minimum absolute atomic E-state index is 0.0630. The molecule has 1 amide bonds. The lowest BCUT2D eigenvalue weighted by atomic mass is 9.98. The summed E-state index contributed by atoms with van der Waals surface area (Å²) in [4.78, 5) is 11.8. The summed E-state index contributed by atoms with van der Waals surface area (Å²) in [5.74, 6) is 0.661. The predicted molar refractivity (Wildman–Crippen MR) is 71.7 cm³/mol. The zero-order valence-corrected chi connectivity index (χ0v) is 11.5. The molecule has 1 atom stereocenters. The van der Waals surface area contributed by atoms with E-state index in [1.54, 1.807) is 0 Å². The van der Waals surface area contributed by atoms with Gasteiger partial charge in [-0.1, -0.05) is 28.1 Å². The molecule has 1 aromatic carbocycles. The molecule has 0 bridgehead atoms. The molecule has 0 unspecified atom stereocenters. The summed E-state index contributed by atoms with van der Waals surface area (Å²) < 4.78 is 1.04. The Bertz CT molecular complexity index is 404. The van der Waals surface area contributed by atoms with E-state index in [-0.39, 0.29) is 11.9 Å². The van der Waals surface area contributed by atoms with Gasteiger partial charge in [-0.3, -0.25) is 4.79 Å². The van der Waals surface area contributed by atoms with Crippen molar-refractivity contribution in [3.05, 3.63) is 34.3 Å². The number of rotatable bonds is 4. The van der Waals surface area contributed by atoms with Gasteiger partial charge in [0.2, 0.25) is 5.91 Å². The number of benzene rings is 1. The van der Waals surface area contributed by atoms with Gasteiger partial charge in [0, 0.05) is 10.9 Å². The van der Waals surface area contributed by atoms with Crippen molar-refractivity contribution in [1.29, 1.82) is 0 Å². The van der Waals surface area contributed by atoms with Crippen LogP contribution in [0.1, 0.15) is 24.9 Å².